The van der Waals surface area contributed by atoms with E-state index in [1.807, 2.05) is 97.9 Å². The minimum absolute atomic E-state index is 0.614. The fourth-order valence-electron chi connectivity index (χ4n) is 4.09. The van der Waals surface area contributed by atoms with Crippen LogP contribution in [-0.2, 0) is 0 Å². The summed E-state index contributed by atoms with van der Waals surface area (Å²) in [4.78, 5) is 0. The topological polar surface area (TPSA) is 67.2 Å². The second-order valence-electron chi connectivity index (χ2n) is 7.89. The molecule has 0 saturated heterocycles. The first-order chi connectivity index (χ1) is 17.3. The highest BCUT2D eigenvalue weighted by atomic mass is 16.5. The maximum Gasteiger partial charge on any atom is 0.143 e. The molecule has 0 unspecified atom stereocenters. The standard InChI is InChI=1S/C29H26N4O2/c1-3-35-28-19-18-26(22-12-6-7-13-23(22)28)31-30-24-16-17-25(21-11-5-4-10-20(21)24)32-33-27-14-8-9-15-29(27)34-2/h4-19,32-33H,3H2,1-2H3. The van der Waals surface area contributed by atoms with Crippen LogP contribution in [0.3, 0.4) is 0 Å². The lowest BCUT2D eigenvalue weighted by atomic mass is 10.1. The lowest BCUT2D eigenvalue weighted by Gasteiger charge is -2.15. The van der Waals surface area contributed by atoms with Crippen LogP contribution in [0, 0.1) is 0 Å². The molecule has 0 aliphatic rings. The quantitative estimate of drug-likeness (QED) is 0.180. The average molecular weight is 463 g/mol. The minimum Gasteiger partial charge on any atom is -0.495 e. The number of benzene rings is 5. The van der Waals surface area contributed by atoms with E-state index >= 15 is 0 Å². The first kappa shape index (κ1) is 22.2. The van der Waals surface area contributed by atoms with Crippen molar-refractivity contribution >= 4 is 44.3 Å². The maximum absolute atomic E-state index is 5.78. The first-order valence-electron chi connectivity index (χ1n) is 11.5. The van der Waals surface area contributed by atoms with E-state index in [9.17, 15) is 0 Å². The zero-order chi connectivity index (χ0) is 24.0. The highest BCUT2D eigenvalue weighted by Gasteiger charge is 2.09. The Hall–Kier alpha value is -4.58. The molecule has 0 spiro atoms. The van der Waals surface area contributed by atoms with Crippen molar-refractivity contribution in [3.05, 3.63) is 97.1 Å². The van der Waals surface area contributed by atoms with Crippen molar-refractivity contribution in [3.8, 4) is 11.5 Å². The zero-order valence-electron chi connectivity index (χ0n) is 19.7. The Kier molecular flexibility index (Phi) is 6.44. The molecule has 0 heterocycles. The third kappa shape index (κ3) is 4.59. The number of nitrogens with one attached hydrogen (secondary N) is 2. The van der Waals surface area contributed by atoms with Crippen LogP contribution in [0.15, 0.2) is 107 Å². The Bertz CT molecular complexity index is 1510. The number of hydrazine groups is 1. The van der Waals surface area contributed by atoms with Crippen LogP contribution in [0.4, 0.5) is 22.7 Å². The van der Waals surface area contributed by atoms with Crippen molar-refractivity contribution in [3.63, 3.8) is 0 Å². The molecule has 5 rings (SSSR count). The van der Waals surface area contributed by atoms with Gasteiger partial charge in [-0.2, -0.15) is 0 Å². The van der Waals surface area contributed by atoms with E-state index in [1.165, 1.54) is 0 Å². The molecule has 0 saturated carbocycles. The number of fused-ring (bicyclic) bond motifs is 2. The number of nitrogens with zero attached hydrogens (tertiary/aromatic N) is 2. The molecule has 0 fully saturated rings. The van der Waals surface area contributed by atoms with Gasteiger partial charge in [0.25, 0.3) is 0 Å². The SMILES string of the molecule is CCOc1ccc(N=Nc2ccc(NNc3ccccc3OC)c3ccccc23)c2ccccc12. The van der Waals surface area contributed by atoms with Gasteiger partial charge in [0.05, 0.1) is 36.5 Å². The second-order valence-corrected chi connectivity index (χ2v) is 7.89. The maximum atomic E-state index is 5.78. The number of methoxy groups -OCH3 is 1. The summed E-state index contributed by atoms with van der Waals surface area (Å²) in [6.45, 7) is 2.60. The van der Waals surface area contributed by atoms with Crippen LogP contribution in [0.1, 0.15) is 6.92 Å². The van der Waals surface area contributed by atoms with Gasteiger partial charge in [-0.1, -0.05) is 60.7 Å². The highest BCUT2D eigenvalue weighted by molar-refractivity contribution is 6.01. The van der Waals surface area contributed by atoms with Crippen molar-refractivity contribution < 1.29 is 9.47 Å². The molecular weight excluding hydrogens is 436 g/mol. The largest absolute Gasteiger partial charge is 0.495 e. The van der Waals surface area contributed by atoms with Gasteiger partial charge in [-0.05, 0) is 43.3 Å². The van der Waals surface area contributed by atoms with Gasteiger partial charge in [-0.3, -0.25) is 5.43 Å². The summed E-state index contributed by atoms with van der Waals surface area (Å²) in [6, 6.07) is 31.9. The molecule has 0 aromatic heterocycles. The molecular formula is C29H26N4O2. The second kappa shape index (κ2) is 10.1. The molecule has 0 aliphatic heterocycles. The molecule has 2 N–H and O–H groups in total. The van der Waals surface area contributed by atoms with Crippen LogP contribution >= 0.6 is 0 Å². The minimum atomic E-state index is 0.614. The van der Waals surface area contributed by atoms with E-state index < -0.39 is 0 Å². The Morgan fingerprint density at radius 3 is 1.86 bits per heavy atom. The molecule has 0 bridgehead atoms. The first-order valence-corrected chi connectivity index (χ1v) is 11.5. The number of rotatable bonds is 8. The van der Waals surface area contributed by atoms with Gasteiger partial charge in [-0.25, -0.2) is 0 Å². The lowest BCUT2D eigenvalue weighted by molar-refractivity contribution is 0.344. The molecule has 5 aromatic rings. The fourth-order valence-corrected chi connectivity index (χ4v) is 4.09. The van der Waals surface area contributed by atoms with Crippen LogP contribution in [-0.4, -0.2) is 13.7 Å². The Morgan fingerprint density at radius 1 is 0.571 bits per heavy atom. The summed E-state index contributed by atoms with van der Waals surface area (Å²) in [6.07, 6.45) is 0. The summed E-state index contributed by atoms with van der Waals surface area (Å²) < 4.78 is 11.2. The van der Waals surface area contributed by atoms with Gasteiger partial charge in [0.1, 0.15) is 11.5 Å². The van der Waals surface area contributed by atoms with E-state index in [1.54, 1.807) is 7.11 Å². The van der Waals surface area contributed by atoms with Crippen LogP contribution in [0.5, 0.6) is 11.5 Å². The zero-order valence-corrected chi connectivity index (χ0v) is 19.7. The van der Waals surface area contributed by atoms with Crippen molar-refractivity contribution in [2.75, 3.05) is 24.6 Å². The third-order valence-electron chi connectivity index (χ3n) is 5.77. The Labute approximate surface area is 204 Å². The number of azo groups is 1. The predicted octanol–water partition coefficient (Wildman–Crippen LogP) is 8.25. The number of ether oxygens (including phenoxy) is 2. The Balaban J connectivity index is 1.47. The summed E-state index contributed by atoms with van der Waals surface area (Å²) in [5, 5.41) is 13.3. The number of anilines is 2. The van der Waals surface area contributed by atoms with Crippen molar-refractivity contribution in [2.45, 2.75) is 6.92 Å². The fraction of sp³-hybridized carbons (Fsp3) is 0.103. The predicted molar refractivity (Wildman–Crippen MR) is 143 cm³/mol. The van der Waals surface area contributed by atoms with E-state index in [-0.39, 0.29) is 0 Å². The van der Waals surface area contributed by atoms with Gasteiger partial charge in [0, 0.05) is 21.5 Å². The molecule has 0 aliphatic carbocycles. The molecule has 6 heteroatoms. The van der Waals surface area contributed by atoms with Gasteiger partial charge in [0.15, 0.2) is 0 Å². The summed E-state index contributed by atoms with van der Waals surface area (Å²) in [7, 11) is 1.66. The monoisotopic (exact) mass is 462 g/mol. The van der Waals surface area contributed by atoms with E-state index in [4.69, 9.17) is 9.47 Å². The molecule has 0 atom stereocenters. The Morgan fingerprint density at radius 2 is 1.14 bits per heavy atom. The molecule has 35 heavy (non-hydrogen) atoms. The lowest BCUT2D eigenvalue weighted by Crippen LogP contribution is -2.09. The van der Waals surface area contributed by atoms with Crippen molar-refractivity contribution in [1.82, 2.24) is 0 Å². The van der Waals surface area contributed by atoms with Gasteiger partial charge < -0.3 is 14.9 Å². The van der Waals surface area contributed by atoms with Crippen LogP contribution in [0.2, 0.25) is 0 Å². The van der Waals surface area contributed by atoms with Crippen LogP contribution < -0.4 is 20.3 Å². The molecule has 0 radical (unpaired) electrons. The molecule has 174 valence electrons. The van der Waals surface area contributed by atoms with Gasteiger partial charge in [0.2, 0.25) is 0 Å². The highest BCUT2D eigenvalue weighted by Crippen LogP contribution is 2.36. The van der Waals surface area contributed by atoms with Gasteiger partial charge >= 0.3 is 0 Å². The van der Waals surface area contributed by atoms with Crippen molar-refractivity contribution in [1.29, 1.82) is 0 Å². The molecule has 0 amide bonds. The molecule has 6 nitrogen and oxygen atoms in total. The van der Waals surface area contributed by atoms with Crippen molar-refractivity contribution in [2.24, 2.45) is 10.2 Å². The average Bonchev–Trinajstić information content (AvgIpc) is 2.92. The summed E-state index contributed by atoms with van der Waals surface area (Å²) >= 11 is 0. The number of hydrogen-bond donors (Lipinski definition) is 2. The summed E-state index contributed by atoms with van der Waals surface area (Å²) in [5.41, 5.74) is 9.92. The smallest absolute Gasteiger partial charge is 0.143 e. The van der Waals surface area contributed by atoms with Gasteiger partial charge in [-0.15, -0.1) is 10.2 Å². The third-order valence-corrected chi connectivity index (χ3v) is 5.77. The summed E-state index contributed by atoms with van der Waals surface area (Å²) in [5.74, 6) is 1.61. The number of para-hydroxylation sites is 2. The van der Waals surface area contributed by atoms with E-state index in [0.717, 1.165) is 55.8 Å². The van der Waals surface area contributed by atoms with E-state index in [0.29, 0.717) is 6.61 Å². The van der Waals surface area contributed by atoms with E-state index in [2.05, 4.69) is 27.1 Å². The number of hydrogen-bond acceptors (Lipinski definition) is 6. The molecule has 5 aromatic carbocycles. The van der Waals surface area contributed by atoms with Crippen LogP contribution in [0.25, 0.3) is 21.5 Å². The normalized spacial score (nSPS) is 11.1.